The molecule has 0 aliphatic carbocycles. The van der Waals surface area contributed by atoms with Gasteiger partial charge >= 0.3 is 0 Å². The van der Waals surface area contributed by atoms with Crippen molar-refractivity contribution in [3.63, 3.8) is 0 Å². The zero-order valence-electron chi connectivity index (χ0n) is 20.3. The second kappa shape index (κ2) is 13.2. The first-order valence-corrected chi connectivity index (χ1v) is 11.7. The van der Waals surface area contributed by atoms with E-state index in [0.717, 1.165) is 27.8 Å². The molecule has 3 aromatic rings. The van der Waals surface area contributed by atoms with Crippen LogP contribution in [0.5, 0.6) is 5.75 Å². The van der Waals surface area contributed by atoms with Crippen molar-refractivity contribution in [1.82, 2.24) is 10.8 Å². The van der Waals surface area contributed by atoms with Crippen molar-refractivity contribution >= 4 is 28.3 Å². The molecule has 0 aliphatic rings. The van der Waals surface area contributed by atoms with Crippen LogP contribution in [0.25, 0.3) is 10.8 Å². The number of carbonyl (C=O) groups is 2. The average Bonchev–Trinajstić information content (AvgIpc) is 2.88. The van der Waals surface area contributed by atoms with Gasteiger partial charge in [0.2, 0.25) is 5.91 Å². The summed E-state index contributed by atoms with van der Waals surface area (Å²) in [6.07, 6.45) is 4.05. The zero-order chi connectivity index (χ0) is 25.0. The van der Waals surface area contributed by atoms with Crippen LogP contribution in [-0.2, 0) is 16.1 Å². The van der Waals surface area contributed by atoms with E-state index in [2.05, 4.69) is 5.32 Å². The second-order valence-electron chi connectivity index (χ2n) is 8.52. The highest BCUT2D eigenvalue weighted by molar-refractivity contribution is 5.94. The smallest absolute Gasteiger partial charge is 0.250 e. The fraction of sp³-hybridized carbons (Fsp3) is 0.286. The highest BCUT2D eigenvalue weighted by Gasteiger charge is 2.12. The number of fused-ring (bicyclic) bond motifs is 1. The Labute approximate surface area is 206 Å². The summed E-state index contributed by atoms with van der Waals surface area (Å²) in [5.41, 5.74) is 4.28. The van der Waals surface area contributed by atoms with E-state index in [-0.39, 0.29) is 18.9 Å². The van der Waals surface area contributed by atoms with Gasteiger partial charge in [0, 0.05) is 38.1 Å². The molecule has 0 spiro atoms. The Morgan fingerprint density at radius 1 is 0.971 bits per heavy atom. The molecule has 0 radical (unpaired) electrons. The van der Waals surface area contributed by atoms with Gasteiger partial charge in [-0.2, -0.15) is 0 Å². The number of unbranched alkanes of at least 4 members (excludes halogenated alkanes) is 2. The van der Waals surface area contributed by atoms with Gasteiger partial charge in [-0.15, -0.1) is 0 Å². The number of hydrogen-bond acceptors (Lipinski definition) is 5. The summed E-state index contributed by atoms with van der Waals surface area (Å²) in [6.45, 7) is 0.547. The summed E-state index contributed by atoms with van der Waals surface area (Å²) in [4.78, 5) is 26.3. The maximum atomic E-state index is 13.0. The number of nitrogens with zero attached hydrogens (tertiary/aromatic N) is 1. The van der Waals surface area contributed by atoms with E-state index in [0.29, 0.717) is 31.4 Å². The lowest BCUT2D eigenvalue weighted by molar-refractivity contribution is -0.129. The van der Waals surface area contributed by atoms with E-state index in [9.17, 15) is 9.59 Å². The lowest BCUT2D eigenvalue weighted by atomic mass is 10.1. The number of nitrogens with one attached hydrogen (secondary N) is 2. The quantitative estimate of drug-likeness (QED) is 0.154. The number of hydrogen-bond donors (Lipinski definition) is 3. The van der Waals surface area contributed by atoms with Gasteiger partial charge in [-0.3, -0.25) is 14.8 Å². The molecule has 0 aromatic heterocycles. The number of rotatable bonds is 12. The van der Waals surface area contributed by atoms with Crippen LogP contribution < -0.4 is 20.4 Å². The van der Waals surface area contributed by atoms with Crippen molar-refractivity contribution in [2.75, 3.05) is 25.6 Å². The number of anilines is 1. The molecule has 0 saturated heterocycles. The molecular formula is C28H33N3O4. The molecule has 0 unspecified atom stereocenters. The highest BCUT2D eigenvalue weighted by Crippen LogP contribution is 2.25. The lowest BCUT2D eigenvalue weighted by Gasteiger charge is -2.14. The van der Waals surface area contributed by atoms with Gasteiger partial charge in [0.25, 0.3) is 5.91 Å². The average molecular weight is 476 g/mol. The molecule has 0 saturated carbocycles. The molecule has 3 N–H and O–H groups in total. The maximum Gasteiger partial charge on any atom is 0.250 e. The van der Waals surface area contributed by atoms with Crippen molar-refractivity contribution in [1.29, 1.82) is 0 Å². The van der Waals surface area contributed by atoms with Crippen molar-refractivity contribution in [3.8, 4) is 5.75 Å². The van der Waals surface area contributed by atoms with Gasteiger partial charge in [0.05, 0.1) is 5.57 Å². The summed E-state index contributed by atoms with van der Waals surface area (Å²) in [5.74, 6) is 0.127. The highest BCUT2D eigenvalue weighted by atomic mass is 16.5. The third-order valence-corrected chi connectivity index (χ3v) is 5.70. The minimum Gasteiger partial charge on any atom is -0.488 e. The van der Waals surface area contributed by atoms with Gasteiger partial charge in [0.1, 0.15) is 12.4 Å². The largest absolute Gasteiger partial charge is 0.488 e. The molecule has 0 bridgehead atoms. The van der Waals surface area contributed by atoms with Crippen molar-refractivity contribution in [2.24, 2.45) is 0 Å². The van der Waals surface area contributed by atoms with Gasteiger partial charge in [-0.1, -0.05) is 54.6 Å². The number of ether oxygens (including phenoxy) is 1. The van der Waals surface area contributed by atoms with Crippen LogP contribution in [-0.4, -0.2) is 37.7 Å². The van der Waals surface area contributed by atoms with E-state index in [4.69, 9.17) is 9.94 Å². The Kier molecular flexibility index (Phi) is 9.69. The number of benzene rings is 3. The summed E-state index contributed by atoms with van der Waals surface area (Å²) < 4.78 is 6.08. The molecule has 7 nitrogen and oxygen atoms in total. The first kappa shape index (κ1) is 25.8. The molecule has 0 aliphatic heterocycles. The minimum absolute atomic E-state index is 0.135. The molecule has 2 amide bonds. The molecule has 0 heterocycles. The Morgan fingerprint density at radius 2 is 1.71 bits per heavy atom. The van der Waals surface area contributed by atoms with Crippen molar-refractivity contribution in [2.45, 2.75) is 32.2 Å². The van der Waals surface area contributed by atoms with E-state index >= 15 is 0 Å². The summed E-state index contributed by atoms with van der Waals surface area (Å²) in [7, 11) is 3.97. The Hall–Kier alpha value is -3.84. The van der Waals surface area contributed by atoms with Crippen LogP contribution in [0, 0.1) is 0 Å². The first-order chi connectivity index (χ1) is 17.0. The topological polar surface area (TPSA) is 90.9 Å². The number of allylic oxidation sites excluding steroid dienone is 1. The Balaban J connectivity index is 1.65. The standard InChI is InChI=1S/C28H33N3O4/c1-31(2)24-17-15-21(16-18-24)19-29-28(33)23(10-4-3-5-14-27(32)30-34)20-35-26-13-8-11-22-9-6-7-12-25(22)26/h6-13,15-18,34H,3-5,14,19-20H2,1-2H3,(H,29,33)(H,30,32). The third kappa shape index (κ3) is 7.86. The molecule has 0 atom stereocenters. The Morgan fingerprint density at radius 3 is 2.46 bits per heavy atom. The molecule has 3 rings (SSSR count). The summed E-state index contributed by atoms with van der Waals surface area (Å²) in [6, 6.07) is 21.9. The predicted molar refractivity (Wildman–Crippen MR) is 139 cm³/mol. The van der Waals surface area contributed by atoms with Crippen LogP contribution in [0.1, 0.15) is 31.2 Å². The zero-order valence-corrected chi connectivity index (χ0v) is 20.3. The predicted octanol–water partition coefficient (Wildman–Crippen LogP) is 4.59. The number of amides is 2. The number of carbonyl (C=O) groups excluding carboxylic acids is 2. The molecular weight excluding hydrogens is 442 g/mol. The van der Waals surface area contributed by atoms with Crippen LogP contribution in [0.2, 0.25) is 0 Å². The number of hydroxylamine groups is 1. The van der Waals surface area contributed by atoms with E-state index in [1.807, 2.05) is 91.8 Å². The van der Waals surface area contributed by atoms with Crippen LogP contribution in [0.3, 0.4) is 0 Å². The normalized spacial score (nSPS) is 11.2. The second-order valence-corrected chi connectivity index (χ2v) is 8.52. The fourth-order valence-electron chi connectivity index (χ4n) is 3.66. The molecule has 184 valence electrons. The summed E-state index contributed by atoms with van der Waals surface area (Å²) >= 11 is 0. The van der Waals surface area contributed by atoms with E-state index in [1.165, 1.54) is 0 Å². The van der Waals surface area contributed by atoms with Gasteiger partial charge < -0.3 is 15.0 Å². The van der Waals surface area contributed by atoms with E-state index in [1.54, 1.807) is 5.48 Å². The molecule has 3 aromatic carbocycles. The van der Waals surface area contributed by atoms with Crippen LogP contribution in [0.15, 0.2) is 78.4 Å². The third-order valence-electron chi connectivity index (χ3n) is 5.70. The van der Waals surface area contributed by atoms with Crippen LogP contribution in [0.4, 0.5) is 5.69 Å². The summed E-state index contributed by atoms with van der Waals surface area (Å²) in [5, 5.41) is 13.7. The van der Waals surface area contributed by atoms with Gasteiger partial charge in [0.15, 0.2) is 0 Å². The Bertz CT molecular complexity index is 1150. The molecule has 0 fully saturated rings. The minimum atomic E-state index is -0.411. The first-order valence-electron chi connectivity index (χ1n) is 11.7. The lowest BCUT2D eigenvalue weighted by Crippen LogP contribution is -2.27. The molecule has 35 heavy (non-hydrogen) atoms. The van der Waals surface area contributed by atoms with Crippen molar-refractivity contribution in [3.05, 3.63) is 83.9 Å². The van der Waals surface area contributed by atoms with Crippen LogP contribution >= 0.6 is 0 Å². The maximum absolute atomic E-state index is 13.0. The van der Waals surface area contributed by atoms with Crippen molar-refractivity contribution < 1.29 is 19.5 Å². The molecule has 7 heteroatoms. The van der Waals surface area contributed by atoms with Gasteiger partial charge in [-0.25, -0.2) is 5.48 Å². The fourth-order valence-corrected chi connectivity index (χ4v) is 3.66. The van der Waals surface area contributed by atoms with E-state index < -0.39 is 5.91 Å². The SMILES string of the molecule is CN(C)c1ccc(CNC(=O)C(=CCCCCC(=O)NO)COc2cccc3ccccc23)cc1. The van der Waals surface area contributed by atoms with Gasteiger partial charge in [-0.05, 0) is 48.4 Å². The monoisotopic (exact) mass is 475 g/mol.